The van der Waals surface area contributed by atoms with Gasteiger partial charge in [0.05, 0.1) is 5.56 Å². The molecular formula is C11H12F3NO. The Kier molecular flexibility index (Phi) is 4.06. The molecule has 1 aromatic carbocycles. The summed E-state index contributed by atoms with van der Waals surface area (Å²) in [7, 11) is 0. The van der Waals surface area contributed by atoms with Crippen molar-refractivity contribution in [3.8, 4) is 0 Å². The summed E-state index contributed by atoms with van der Waals surface area (Å²) >= 11 is 0. The second-order valence-electron chi connectivity index (χ2n) is 3.44. The number of hydrogen-bond acceptors (Lipinski definition) is 2. The average Bonchev–Trinajstić information content (AvgIpc) is 2.21. The lowest BCUT2D eigenvalue weighted by molar-refractivity contribution is 0.0980. The molecule has 2 nitrogen and oxygen atoms in total. The van der Waals surface area contributed by atoms with Crippen LogP contribution in [0.15, 0.2) is 12.1 Å². The number of rotatable bonds is 4. The molecule has 0 fully saturated rings. The Labute approximate surface area is 91.3 Å². The van der Waals surface area contributed by atoms with E-state index in [1.54, 1.807) is 0 Å². The minimum absolute atomic E-state index is 0.0370. The van der Waals surface area contributed by atoms with Gasteiger partial charge in [0.25, 0.3) is 0 Å². The van der Waals surface area contributed by atoms with Gasteiger partial charge < -0.3 is 5.73 Å². The summed E-state index contributed by atoms with van der Waals surface area (Å²) < 4.78 is 39.3. The highest BCUT2D eigenvalue weighted by molar-refractivity contribution is 5.96. The van der Waals surface area contributed by atoms with Gasteiger partial charge >= 0.3 is 0 Å². The molecule has 16 heavy (non-hydrogen) atoms. The van der Waals surface area contributed by atoms with Gasteiger partial charge in [-0.25, -0.2) is 13.2 Å². The van der Waals surface area contributed by atoms with Gasteiger partial charge in [-0.3, -0.25) is 4.79 Å². The summed E-state index contributed by atoms with van der Waals surface area (Å²) in [6.45, 7) is 1.22. The molecule has 1 aromatic rings. The second kappa shape index (κ2) is 5.12. The van der Waals surface area contributed by atoms with Crippen molar-refractivity contribution in [2.45, 2.75) is 19.5 Å². The topological polar surface area (TPSA) is 43.1 Å². The Hall–Kier alpha value is -1.36. The van der Waals surface area contributed by atoms with Crippen LogP contribution in [0.25, 0.3) is 0 Å². The molecule has 2 N–H and O–H groups in total. The Balaban J connectivity index is 3.21. The van der Waals surface area contributed by atoms with Crippen molar-refractivity contribution in [1.29, 1.82) is 0 Å². The molecule has 0 radical (unpaired) electrons. The smallest absolute Gasteiger partial charge is 0.169 e. The molecule has 0 aliphatic carbocycles. The van der Waals surface area contributed by atoms with Gasteiger partial charge in [0, 0.05) is 6.42 Å². The van der Waals surface area contributed by atoms with Crippen LogP contribution in [0.1, 0.15) is 35.4 Å². The van der Waals surface area contributed by atoms with E-state index in [-0.39, 0.29) is 18.5 Å². The van der Waals surface area contributed by atoms with Crippen LogP contribution in [-0.4, -0.2) is 12.3 Å². The van der Waals surface area contributed by atoms with Crippen LogP contribution in [0.5, 0.6) is 0 Å². The molecule has 1 atom stereocenters. The molecule has 1 unspecified atom stereocenters. The molecule has 0 saturated carbocycles. The third kappa shape index (κ3) is 2.61. The number of benzene rings is 1. The highest BCUT2D eigenvalue weighted by Gasteiger charge is 2.18. The summed E-state index contributed by atoms with van der Waals surface area (Å²) in [6, 6.07) is 1.78. The highest BCUT2D eigenvalue weighted by Crippen LogP contribution is 2.23. The lowest BCUT2D eigenvalue weighted by atomic mass is 10.0. The standard InChI is InChI=1S/C11H12F3NO/c1-6(12)7-4-8(10(16)2-3-15)11(14)9(13)5-7/h4-6H,2-3,15H2,1H3. The van der Waals surface area contributed by atoms with E-state index in [4.69, 9.17) is 5.73 Å². The van der Waals surface area contributed by atoms with Crippen LogP contribution >= 0.6 is 0 Å². The third-order valence-electron chi connectivity index (χ3n) is 2.18. The van der Waals surface area contributed by atoms with E-state index in [1.807, 2.05) is 0 Å². The van der Waals surface area contributed by atoms with Gasteiger partial charge in [0.2, 0.25) is 0 Å². The number of Topliss-reactive ketones (excluding diaryl/α,β-unsaturated/α-hetero) is 1. The van der Waals surface area contributed by atoms with Gasteiger partial charge in [-0.05, 0) is 31.2 Å². The van der Waals surface area contributed by atoms with Crippen LogP contribution in [-0.2, 0) is 0 Å². The van der Waals surface area contributed by atoms with Crippen LogP contribution in [0.2, 0.25) is 0 Å². The molecule has 5 heteroatoms. The number of alkyl halides is 1. The van der Waals surface area contributed by atoms with Crippen LogP contribution in [0, 0.1) is 11.6 Å². The van der Waals surface area contributed by atoms with Crippen molar-refractivity contribution in [3.63, 3.8) is 0 Å². The number of hydrogen-bond donors (Lipinski definition) is 1. The summed E-state index contributed by atoms with van der Waals surface area (Å²) in [5, 5.41) is 0. The van der Waals surface area contributed by atoms with E-state index >= 15 is 0 Å². The molecule has 1 rings (SSSR count). The average molecular weight is 231 g/mol. The minimum atomic E-state index is -1.46. The Morgan fingerprint density at radius 2 is 2.06 bits per heavy atom. The number of nitrogens with two attached hydrogens (primary N) is 1. The van der Waals surface area contributed by atoms with Gasteiger partial charge in [-0.2, -0.15) is 0 Å². The maximum Gasteiger partial charge on any atom is 0.169 e. The lowest BCUT2D eigenvalue weighted by Crippen LogP contribution is -2.11. The van der Waals surface area contributed by atoms with E-state index in [0.29, 0.717) is 0 Å². The molecule has 0 spiro atoms. The van der Waals surface area contributed by atoms with Crippen molar-refractivity contribution >= 4 is 5.78 Å². The van der Waals surface area contributed by atoms with Crippen LogP contribution < -0.4 is 5.73 Å². The SMILES string of the molecule is CC(F)c1cc(F)c(F)c(C(=O)CCN)c1. The largest absolute Gasteiger partial charge is 0.330 e. The van der Waals surface area contributed by atoms with E-state index < -0.39 is 29.2 Å². The van der Waals surface area contributed by atoms with Crippen molar-refractivity contribution in [1.82, 2.24) is 0 Å². The Morgan fingerprint density at radius 1 is 1.44 bits per heavy atom. The zero-order valence-corrected chi connectivity index (χ0v) is 8.77. The van der Waals surface area contributed by atoms with Gasteiger partial charge in [0.15, 0.2) is 17.4 Å². The molecule has 0 heterocycles. The predicted molar refractivity (Wildman–Crippen MR) is 53.9 cm³/mol. The molecule has 0 bridgehead atoms. The monoisotopic (exact) mass is 231 g/mol. The molecule has 0 aliphatic rings. The van der Waals surface area contributed by atoms with Crippen molar-refractivity contribution < 1.29 is 18.0 Å². The molecule has 0 saturated heterocycles. The zero-order chi connectivity index (χ0) is 12.3. The summed E-state index contributed by atoms with van der Waals surface area (Å²) in [5.74, 6) is -3.09. The molecule has 88 valence electrons. The molecular weight excluding hydrogens is 219 g/mol. The van der Waals surface area contributed by atoms with E-state index in [1.165, 1.54) is 6.92 Å². The van der Waals surface area contributed by atoms with Crippen molar-refractivity contribution in [2.75, 3.05) is 6.54 Å². The first-order valence-electron chi connectivity index (χ1n) is 4.83. The van der Waals surface area contributed by atoms with Crippen LogP contribution in [0.4, 0.5) is 13.2 Å². The number of halogens is 3. The van der Waals surface area contributed by atoms with Crippen molar-refractivity contribution in [3.05, 3.63) is 34.9 Å². The molecule has 0 amide bonds. The van der Waals surface area contributed by atoms with E-state index in [9.17, 15) is 18.0 Å². The Bertz CT molecular complexity index is 404. The van der Waals surface area contributed by atoms with Crippen molar-refractivity contribution in [2.24, 2.45) is 5.73 Å². The summed E-state index contributed by atoms with van der Waals surface area (Å²) in [4.78, 5) is 11.4. The fourth-order valence-corrected chi connectivity index (χ4v) is 1.31. The first-order valence-corrected chi connectivity index (χ1v) is 4.83. The quantitative estimate of drug-likeness (QED) is 0.809. The summed E-state index contributed by atoms with van der Waals surface area (Å²) in [6.07, 6.45) is -1.56. The maximum absolute atomic E-state index is 13.3. The van der Waals surface area contributed by atoms with E-state index in [0.717, 1.165) is 12.1 Å². The van der Waals surface area contributed by atoms with Crippen LogP contribution in [0.3, 0.4) is 0 Å². The fourth-order valence-electron chi connectivity index (χ4n) is 1.31. The van der Waals surface area contributed by atoms with E-state index in [2.05, 4.69) is 0 Å². The highest BCUT2D eigenvalue weighted by atomic mass is 19.2. The fraction of sp³-hybridized carbons (Fsp3) is 0.364. The predicted octanol–water partition coefficient (Wildman–Crippen LogP) is 2.53. The first kappa shape index (κ1) is 12.7. The van der Waals surface area contributed by atoms with Gasteiger partial charge in [0.1, 0.15) is 6.17 Å². The minimum Gasteiger partial charge on any atom is -0.330 e. The van der Waals surface area contributed by atoms with Gasteiger partial charge in [-0.15, -0.1) is 0 Å². The number of ketones is 1. The Morgan fingerprint density at radius 3 is 2.56 bits per heavy atom. The first-order chi connectivity index (χ1) is 7.47. The summed E-state index contributed by atoms with van der Waals surface area (Å²) in [5.41, 5.74) is 4.65. The second-order valence-corrected chi connectivity index (χ2v) is 3.44. The zero-order valence-electron chi connectivity index (χ0n) is 8.77. The molecule has 0 aliphatic heterocycles. The number of carbonyl (C=O) groups excluding carboxylic acids is 1. The van der Waals surface area contributed by atoms with Gasteiger partial charge in [-0.1, -0.05) is 0 Å². The third-order valence-corrected chi connectivity index (χ3v) is 2.18. The number of carbonyl (C=O) groups is 1. The maximum atomic E-state index is 13.3. The molecule has 0 aromatic heterocycles. The lowest BCUT2D eigenvalue weighted by Gasteiger charge is -2.07. The normalized spacial score (nSPS) is 12.6.